The van der Waals surface area contributed by atoms with Crippen molar-refractivity contribution in [1.29, 1.82) is 0 Å². The summed E-state index contributed by atoms with van der Waals surface area (Å²) < 4.78 is 0. The molecule has 4 nitrogen and oxygen atoms in total. The van der Waals surface area contributed by atoms with Crippen molar-refractivity contribution in [3.8, 4) is 0 Å². The van der Waals surface area contributed by atoms with Gasteiger partial charge in [0.2, 0.25) is 5.91 Å². The molecule has 0 rings (SSSR count). The van der Waals surface area contributed by atoms with E-state index in [9.17, 15) is 9.59 Å². The summed E-state index contributed by atoms with van der Waals surface area (Å²) in [6.45, 7) is 11.1. The first kappa shape index (κ1) is 15.9. The van der Waals surface area contributed by atoms with E-state index in [0.717, 1.165) is 12.8 Å². The molecule has 1 unspecified atom stereocenters. The zero-order valence-corrected chi connectivity index (χ0v) is 11.8. The van der Waals surface area contributed by atoms with Crippen LogP contribution in [0.15, 0.2) is 0 Å². The molecular formula is C13H25NO3. The number of hydrogen-bond donors (Lipinski definition) is 2. The number of amides is 1. The van der Waals surface area contributed by atoms with Gasteiger partial charge in [0, 0.05) is 5.54 Å². The molecule has 0 aromatic heterocycles. The highest BCUT2D eigenvalue weighted by Crippen LogP contribution is 2.27. The molecule has 1 atom stereocenters. The first-order chi connectivity index (χ1) is 7.51. The van der Waals surface area contributed by atoms with Crippen molar-refractivity contribution in [1.82, 2.24) is 5.32 Å². The molecule has 100 valence electrons. The van der Waals surface area contributed by atoms with Crippen molar-refractivity contribution in [3.05, 3.63) is 0 Å². The highest BCUT2D eigenvalue weighted by Gasteiger charge is 2.39. The average Bonchev–Trinajstić information content (AvgIpc) is 1.96. The molecule has 0 fully saturated rings. The lowest BCUT2D eigenvalue weighted by Crippen LogP contribution is -2.50. The van der Waals surface area contributed by atoms with Gasteiger partial charge in [0.05, 0.1) is 0 Å². The smallest absolute Gasteiger partial charge is 0.316 e. The first-order valence-corrected chi connectivity index (χ1v) is 6.06. The number of carbonyl (C=O) groups excluding carboxylic acids is 1. The lowest BCUT2D eigenvalue weighted by atomic mass is 9.79. The Morgan fingerprint density at radius 1 is 1.18 bits per heavy atom. The lowest BCUT2D eigenvalue weighted by molar-refractivity contribution is -0.152. The molecule has 4 heteroatoms. The number of carboxylic acids is 1. The maximum absolute atomic E-state index is 12.0. The van der Waals surface area contributed by atoms with Gasteiger partial charge >= 0.3 is 5.97 Å². The summed E-state index contributed by atoms with van der Waals surface area (Å²) in [5.74, 6) is -2.48. The third-order valence-electron chi connectivity index (χ3n) is 2.71. The van der Waals surface area contributed by atoms with Gasteiger partial charge in [0.25, 0.3) is 0 Å². The van der Waals surface area contributed by atoms with Crippen LogP contribution in [-0.4, -0.2) is 22.5 Å². The van der Waals surface area contributed by atoms with Crippen molar-refractivity contribution in [2.45, 2.75) is 59.9 Å². The Kier molecular flexibility index (Phi) is 5.17. The maximum atomic E-state index is 12.0. The molecule has 0 bridgehead atoms. The van der Waals surface area contributed by atoms with Crippen molar-refractivity contribution in [2.24, 2.45) is 11.3 Å². The lowest BCUT2D eigenvalue weighted by Gasteiger charge is -2.31. The fraction of sp³-hybridized carbons (Fsp3) is 0.846. The predicted octanol–water partition coefficient (Wildman–Crippen LogP) is 2.43. The minimum Gasteiger partial charge on any atom is -0.481 e. The van der Waals surface area contributed by atoms with E-state index < -0.39 is 23.2 Å². The van der Waals surface area contributed by atoms with E-state index in [1.54, 1.807) is 20.8 Å². The zero-order chi connectivity index (χ0) is 13.9. The average molecular weight is 243 g/mol. The summed E-state index contributed by atoms with van der Waals surface area (Å²) in [7, 11) is 0. The number of aliphatic carboxylic acids is 1. The fourth-order valence-electron chi connectivity index (χ4n) is 1.97. The number of carboxylic acid groups (broad SMARTS) is 1. The van der Waals surface area contributed by atoms with Crippen LogP contribution < -0.4 is 5.32 Å². The SMILES string of the molecule is CCCC(C)(C)NC(=O)C(C(=O)O)C(C)(C)C. The van der Waals surface area contributed by atoms with Gasteiger partial charge in [0.1, 0.15) is 5.92 Å². The van der Waals surface area contributed by atoms with Crippen molar-refractivity contribution in [2.75, 3.05) is 0 Å². The van der Waals surface area contributed by atoms with Crippen LogP contribution in [0.4, 0.5) is 0 Å². The van der Waals surface area contributed by atoms with Crippen molar-refractivity contribution < 1.29 is 14.7 Å². The normalized spacial score (nSPS) is 14.2. The second-order valence-corrected chi connectivity index (χ2v) is 6.26. The predicted molar refractivity (Wildman–Crippen MR) is 67.7 cm³/mol. The van der Waals surface area contributed by atoms with Crippen molar-refractivity contribution >= 4 is 11.9 Å². The van der Waals surface area contributed by atoms with E-state index in [0.29, 0.717) is 0 Å². The second kappa shape index (κ2) is 5.52. The van der Waals surface area contributed by atoms with E-state index in [1.165, 1.54) is 0 Å². The topological polar surface area (TPSA) is 66.4 Å². The van der Waals surface area contributed by atoms with Crippen LogP contribution in [0.1, 0.15) is 54.4 Å². The number of nitrogens with one attached hydrogen (secondary N) is 1. The van der Waals surface area contributed by atoms with Crippen LogP contribution in [0.5, 0.6) is 0 Å². The Balaban J connectivity index is 4.83. The number of hydrogen-bond acceptors (Lipinski definition) is 2. The Morgan fingerprint density at radius 2 is 1.65 bits per heavy atom. The van der Waals surface area contributed by atoms with Gasteiger partial charge in [-0.2, -0.15) is 0 Å². The third-order valence-corrected chi connectivity index (χ3v) is 2.71. The molecule has 2 N–H and O–H groups in total. The molecule has 0 saturated carbocycles. The van der Waals surface area contributed by atoms with Gasteiger partial charge in [-0.25, -0.2) is 0 Å². The third kappa shape index (κ3) is 5.20. The second-order valence-electron chi connectivity index (χ2n) is 6.26. The van der Waals surface area contributed by atoms with Gasteiger partial charge in [-0.3, -0.25) is 9.59 Å². The molecule has 0 aliphatic rings. The first-order valence-electron chi connectivity index (χ1n) is 6.06. The zero-order valence-electron chi connectivity index (χ0n) is 11.8. The highest BCUT2D eigenvalue weighted by molar-refractivity contribution is 5.98. The summed E-state index contributed by atoms with van der Waals surface area (Å²) in [5, 5.41) is 12.0. The quantitative estimate of drug-likeness (QED) is 0.729. The van der Waals surface area contributed by atoms with Crippen LogP contribution in [0.3, 0.4) is 0 Å². The van der Waals surface area contributed by atoms with Gasteiger partial charge < -0.3 is 10.4 Å². The Bertz CT molecular complexity index is 290. The molecule has 1 amide bonds. The van der Waals surface area contributed by atoms with Crippen LogP contribution >= 0.6 is 0 Å². The van der Waals surface area contributed by atoms with Gasteiger partial charge in [0.15, 0.2) is 0 Å². The molecule has 0 aliphatic heterocycles. The Labute approximate surface area is 104 Å². The van der Waals surface area contributed by atoms with E-state index >= 15 is 0 Å². The summed E-state index contributed by atoms with van der Waals surface area (Å²) in [5.41, 5.74) is -0.941. The molecule has 17 heavy (non-hydrogen) atoms. The molecule has 0 heterocycles. The minimum absolute atomic E-state index is 0.356. The van der Waals surface area contributed by atoms with E-state index in [4.69, 9.17) is 5.11 Å². The molecule has 0 aliphatic carbocycles. The van der Waals surface area contributed by atoms with Crippen LogP contribution in [0.25, 0.3) is 0 Å². The van der Waals surface area contributed by atoms with Crippen molar-refractivity contribution in [3.63, 3.8) is 0 Å². The van der Waals surface area contributed by atoms with Gasteiger partial charge in [-0.05, 0) is 25.7 Å². The van der Waals surface area contributed by atoms with Crippen LogP contribution in [-0.2, 0) is 9.59 Å². The summed E-state index contributed by atoms with van der Waals surface area (Å²) in [4.78, 5) is 23.2. The maximum Gasteiger partial charge on any atom is 0.316 e. The van der Waals surface area contributed by atoms with E-state index in [1.807, 2.05) is 20.8 Å². The molecule has 0 radical (unpaired) electrons. The molecular weight excluding hydrogens is 218 g/mol. The van der Waals surface area contributed by atoms with E-state index in [-0.39, 0.29) is 5.54 Å². The molecule has 0 spiro atoms. The van der Waals surface area contributed by atoms with Crippen LogP contribution in [0, 0.1) is 11.3 Å². The molecule has 0 saturated heterocycles. The fourth-order valence-corrected chi connectivity index (χ4v) is 1.97. The van der Waals surface area contributed by atoms with Crippen LogP contribution in [0.2, 0.25) is 0 Å². The standard InChI is InChI=1S/C13H25NO3/c1-7-8-13(5,6)14-10(15)9(11(16)17)12(2,3)4/h9H,7-8H2,1-6H3,(H,14,15)(H,16,17). The number of carbonyl (C=O) groups is 2. The highest BCUT2D eigenvalue weighted by atomic mass is 16.4. The summed E-state index contributed by atoms with van der Waals surface area (Å²) in [6, 6.07) is 0. The Hall–Kier alpha value is -1.06. The monoisotopic (exact) mass is 243 g/mol. The minimum atomic E-state index is -1.07. The number of rotatable bonds is 5. The molecule has 0 aromatic carbocycles. The van der Waals surface area contributed by atoms with Gasteiger partial charge in [-0.1, -0.05) is 34.1 Å². The summed E-state index contributed by atoms with van der Waals surface area (Å²) in [6.07, 6.45) is 1.77. The molecule has 0 aromatic rings. The summed E-state index contributed by atoms with van der Waals surface area (Å²) >= 11 is 0. The van der Waals surface area contributed by atoms with E-state index in [2.05, 4.69) is 5.32 Å². The van der Waals surface area contributed by atoms with Gasteiger partial charge in [-0.15, -0.1) is 0 Å². The largest absolute Gasteiger partial charge is 0.481 e. The Morgan fingerprint density at radius 3 is 1.94 bits per heavy atom.